The zero-order valence-electron chi connectivity index (χ0n) is 14.0. The van der Waals surface area contributed by atoms with Crippen molar-refractivity contribution in [3.63, 3.8) is 0 Å². The van der Waals surface area contributed by atoms with E-state index in [-0.39, 0.29) is 0 Å². The number of thiophene rings is 1. The van der Waals surface area contributed by atoms with Gasteiger partial charge in [-0.05, 0) is 29.0 Å². The van der Waals surface area contributed by atoms with Gasteiger partial charge in [0.15, 0.2) is 0 Å². The highest BCUT2D eigenvalue weighted by Crippen LogP contribution is 2.53. The molecule has 0 bridgehead atoms. The quantitative estimate of drug-likeness (QED) is 0.300. The summed E-state index contributed by atoms with van der Waals surface area (Å²) in [7, 11) is 0. The van der Waals surface area contributed by atoms with Crippen LogP contribution in [0.1, 0.15) is 0 Å². The van der Waals surface area contributed by atoms with E-state index in [0.717, 1.165) is 0 Å². The average Bonchev–Trinajstić information content (AvgIpc) is 3.00. The van der Waals surface area contributed by atoms with Crippen molar-refractivity contribution in [1.29, 1.82) is 0 Å². The first-order chi connectivity index (χ1) is 12.9. The molecule has 1 aliphatic heterocycles. The Morgan fingerprint density at radius 2 is 1.35 bits per heavy atom. The van der Waals surface area contributed by atoms with Gasteiger partial charge in [0.05, 0.1) is 0 Å². The molecule has 2 heteroatoms. The Bertz CT molecular complexity index is 1310. The van der Waals surface area contributed by atoms with Gasteiger partial charge in [-0.15, -0.1) is 11.3 Å². The first-order valence-electron chi connectivity index (χ1n) is 8.80. The highest BCUT2D eigenvalue weighted by atomic mass is 32.1. The molecule has 26 heavy (non-hydrogen) atoms. The molecule has 1 nitrogen and oxygen atoms in total. The Morgan fingerprint density at radius 1 is 0.577 bits per heavy atom. The Hall–Kier alpha value is -3.10. The predicted molar refractivity (Wildman–Crippen MR) is 113 cm³/mol. The summed E-state index contributed by atoms with van der Waals surface area (Å²) in [4.78, 5) is 1.36. The van der Waals surface area contributed by atoms with Crippen molar-refractivity contribution in [3.8, 4) is 21.6 Å². The lowest BCUT2D eigenvalue weighted by Gasteiger charge is -2.12. The molecular weight excluding hydrogens is 334 g/mol. The second-order valence-corrected chi connectivity index (χ2v) is 7.73. The second kappa shape index (κ2) is 5.20. The maximum atomic E-state index is 3.70. The molecule has 0 radical (unpaired) electrons. The summed E-state index contributed by atoms with van der Waals surface area (Å²) >= 11 is 1.89. The van der Waals surface area contributed by atoms with Crippen LogP contribution in [0.5, 0.6) is 0 Å². The molecule has 0 fully saturated rings. The Labute approximate surface area is 155 Å². The van der Waals surface area contributed by atoms with E-state index in [1.54, 1.807) is 0 Å². The smallest absolute Gasteiger partial charge is 0.0479 e. The summed E-state index contributed by atoms with van der Waals surface area (Å²) < 4.78 is 1.34. The van der Waals surface area contributed by atoms with Crippen LogP contribution in [0.4, 0.5) is 11.4 Å². The number of para-hydroxylation sites is 1. The normalized spacial score (nSPS) is 12.2. The third-order valence-electron chi connectivity index (χ3n) is 5.22. The van der Waals surface area contributed by atoms with Gasteiger partial charge in [-0.25, -0.2) is 0 Å². The molecule has 1 aromatic heterocycles. The van der Waals surface area contributed by atoms with Gasteiger partial charge in [-0.2, -0.15) is 0 Å². The molecule has 122 valence electrons. The van der Waals surface area contributed by atoms with Crippen molar-refractivity contribution in [3.05, 3.63) is 84.9 Å². The first-order valence-corrected chi connectivity index (χ1v) is 9.62. The molecule has 2 heterocycles. The largest absolute Gasteiger partial charge is 0.354 e. The van der Waals surface area contributed by atoms with Crippen molar-refractivity contribution in [2.45, 2.75) is 0 Å². The van der Waals surface area contributed by atoms with Gasteiger partial charge in [0, 0.05) is 43.0 Å². The molecule has 6 rings (SSSR count). The fraction of sp³-hybridized carbons (Fsp3) is 0. The minimum atomic E-state index is 1.17. The molecule has 0 saturated heterocycles. The molecule has 0 saturated carbocycles. The Morgan fingerprint density at radius 3 is 2.31 bits per heavy atom. The minimum Gasteiger partial charge on any atom is -0.354 e. The fourth-order valence-corrected chi connectivity index (χ4v) is 5.35. The van der Waals surface area contributed by atoms with Crippen LogP contribution in [0.3, 0.4) is 0 Å². The van der Waals surface area contributed by atoms with Crippen LogP contribution in [-0.4, -0.2) is 0 Å². The van der Waals surface area contributed by atoms with Gasteiger partial charge in [0.25, 0.3) is 0 Å². The lowest BCUT2D eigenvalue weighted by molar-refractivity contribution is 1.59. The molecule has 0 amide bonds. The summed E-state index contributed by atoms with van der Waals surface area (Å²) in [6, 6.07) is 30.5. The number of benzene rings is 4. The average molecular weight is 349 g/mol. The van der Waals surface area contributed by atoms with Crippen molar-refractivity contribution in [2.75, 3.05) is 5.32 Å². The molecule has 0 spiro atoms. The zero-order valence-corrected chi connectivity index (χ0v) is 14.8. The maximum Gasteiger partial charge on any atom is 0.0479 e. The monoisotopic (exact) mass is 349 g/mol. The van der Waals surface area contributed by atoms with E-state index in [2.05, 4.69) is 90.2 Å². The predicted octanol–water partition coefficient (Wildman–Crippen LogP) is 7.45. The van der Waals surface area contributed by atoms with E-state index in [0.29, 0.717) is 0 Å². The van der Waals surface area contributed by atoms with Gasteiger partial charge < -0.3 is 5.32 Å². The Kier molecular flexibility index (Phi) is 2.82. The van der Waals surface area contributed by atoms with Crippen molar-refractivity contribution in [2.24, 2.45) is 0 Å². The molecule has 0 aliphatic carbocycles. The lowest BCUT2D eigenvalue weighted by Crippen LogP contribution is -1.92. The topological polar surface area (TPSA) is 12.0 Å². The number of fused-ring (bicyclic) bond motifs is 9. The number of hydrogen-bond donors (Lipinski definition) is 1. The van der Waals surface area contributed by atoms with Crippen molar-refractivity contribution in [1.82, 2.24) is 0 Å². The van der Waals surface area contributed by atoms with Gasteiger partial charge >= 0.3 is 0 Å². The SMILES string of the molecule is c1ccc2c(c1)Nc1ccc3ccccc3c1-c1sc3ccccc3c1-2. The number of rotatable bonds is 0. The van der Waals surface area contributed by atoms with Crippen LogP contribution in [0.15, 0.2) is 84.9 Å². The second-order valence-electron chi connectivity index (χ2n) is 6.68. The van der Waals surface area contributed by atoms with E-state index in [1.807, 2.05) is 11.3 Å². The molecule has 0 unspecified atom stereocenters. The molecule has 1 aliphatic rings. The first kappa shape index (κ1) is 14.1. The molecule has 0 atom stereocenters. The number of hydrogen-bond acceptors (Lipinski definition) is 2. The van der Waals surface area contributed by atoms with E-state index in [4.69, 9.17) is 0 Å². The molecular formula is C24H15NS. The summed E-state index contributed by atoms with van der Waals surface area (Å²) in [6.07, 6.45) is 0. The van der Waals surface area contributed by atoms with Crippen molar-refractivity contribution < 1.29 is 0 Å². The van der Waals surface area contributed by atoms with Crippen LogP contribution >= 0.6 is 11.3 Å². The summed E-state index contributed by atoms with van der Waals surface area (Å²) in [6.45, 7) is 0. The number of nitrogens with one attached hydrogen (secondary N) is 1. The minimum absolute atomic E-state index is 1.17. The van der Waals surface area contributed by atoms with E-state index < -0.39 is 0 Å². The van der Waals surface area contributed by atoms with E-state index >= 15 is 0 Å². The summed E-state index contributed by atoms with van der Waals surface area (Å²) in [5.74, 6) is 0. The highest BCUT2D eigenvalue weighted by Gasteiger charge is 2.24. The summed E-state index contributed by atoms with van der Waals surface area (Å²) in [5.41, 5.74) is 6.30. The highest BCUT2D eigenvalue weighted by molar-refractivity contribution is 7.23. The molecule has 5 aromatic rings. The third kappa shape index (κ3) is 1.85. The maximum absolute atomic E-state index is 3.70. The van der Waals surface area contributed by atoms with E-state index in [1.165, 1.54) is 53.8 Å². The van der Waals surface area contributed by atoms with Crippen molar-refractivity contribution >= 4 is 43.6 Å². The van der Waals surface area contributed by atoms with Gasteiger partial charge in [0.1, 0.15) is 0 Å². The zero-order chi connectivity index (χ0) is 17.1. The van der Waals surface area contributed by atoms with Crippen LogP contribution in [0, 0.1) is 0 Å². The fourth-order valence-electron chi connectivity index (χ4n) is 4.06. The van der Waals surface area contributed by atoms with Gasteiger partial charge in [0.2, 0.25) is 0 Å². The Balaban J connectivity index is 1.86. The van der Waals surface area contributed by atoms with Crippen LogP contribution in [0.2, 0.25) is 0 Å². The standard InChI is InChI=1S/C24H15NS/c1-2-8-16-15(7-1)13-14-20-23(16)24-22(17-9-3-5-11-19(17)25-20)18-10-4-6-12-21(18)26-24/h1-14,25H. The van der Waals surface area contributed by atoms with Crippen LogP contribution < -0.4 is 5.32 Å². The summed E-state index contributed by atoms with van der Waals surface area (Å²) in [5, 5.41) is 7.62. The number of anilines is 2. The lowest BCUT2D eigenvalue weighted by atomic mass is 9.96. The molecule has 1 N–H and O–H groups in total. The van der Waals surface area contributed by atoms with Gasteiger partial charge in [-0.3, -0.25) is 0 Å². The third-order valence-corrected chi connectivity index (χ3v) is 6.41. The molecule has 4 aromatic carbocycles. The van der Waals surface area contributed by atoms with Crippen LogP contribution in [-0.2, 0) is 0 Å². The van der Waals surface area contributed by atoms with E-state index in [9.17, 15) is 0 Å². The van der Waals surface area contributed by atoms with Crippen LogP contribution in [0.25, 0.3) is 42.4 Å². The van der Waals surface area contributed by atoms with Gasteiger partial charge in [-0.1, -0.05) is 66.7 Å².